The Morgan fingerprint density at radius 3 is 2.74 bits per heavy atom. The first kappa shape index (κ1) is 14.5. The monoisotopic (exact) mass is 310 g/mol. The summed E-state index contributed by atoms with van der Waals surface area (Å²) in [5.41, 5.74) is 2.83. The van der Waals surface area contributed by atoms with Crippen LogP contribution in [-0.2, 0) is 0 Å². The van der Waals surface area contributed by atoms with Gasteiger partial charge >= 0.3 is 0 Å². The van der Waals surface area contributed by atoms with Gasteiger partial charge in [0.2, 0.25) is 0 Å². The van der Waals surface area contributed by atoms with Crippen molar-refractivity contribution in [2.75, 3.05) is 13.1 Å². The second-order valence-electron chi connectivity index (χ2n) is 6.48. The van der Waals surface area contributed by atoms with Gasteiger partial charge in [0.1, 0.15) is 0 Å². The lowest BCUT2D eigenvalue weighted by atomic mass is 10.1. The number of hydrogen-bond donors (Lipinski definition) is 2. The summed E-state index contributed by atoms with van der Waals surface area (Å²) in [4.78, 5) is 12.7. The first-order valence-corrected chi connectivity index (χ1v) is 8.48. The van der Waals surface area contributed by atoms with Crippen molar-refractivity contribution in [1.82, 2.24) is 20.4 Å². The van der Waals surface area contributed by atoms with Gasteiger partial charge in [0.05, 0.1) is 23.1 Å². The Morgan fingerprint density at radius 2 is 2.04 bits per heavy atom. The summed E-state index contributed by atoms with van der Waals surface area (Å²) >= 11 is 0. The highest BCUT2D eigenvalue weighted by Crippen LogP contribution is 2.42. The average molecular weight is 310 g/mol. The number of nitrogens with zero attached hydrogens (tertiary/aromatic N) is 2. The number of aromatic nitrogens is 2. The molecule has 2 heterocycles. The third kappa shape index (κ3) is 3.01. The molecule has 1 saturated carbocycles. The van der Waals surface area contributed by atoms with Crippen LogP contribution in [0.25, 0.3) is 5.69 Å². The van der Waals surface area contributed by atoms with Gasteiger partial charge in [0.15, 0.2) is 0 Å². The van der Waals surface area contributed by atoms with Crippen LogP contribution in [0.4, 0.5) is 0 Å². The molecular formula is C18H22N4O. The van der Waals surface area contributed by atoms with Crippen molar-refractivity contribution in [1.29, 1.82) is 0 Å². The van der Waals surface area contributed by atoms with Crippen molar-refractivity contribution in [3.63, 3.8) is 0 Å². The van der Waals surface area contributed by atoms with Crippen molar-refractivity contribution in [2.24, 2.45) is 0 Å². The maximum atomic E-state index is 12.7. The van der Waals surface area contributed by atoms with Crippen molar-refractivity contribution in [3.05, 3.63) is 47.8 Å². The van der Waals surface area contributed by atoms with E-state index in [0.717, 1.165) is 55.7 Å². The lowest BCUT2D eigenvalue weighted by Crippen LogP contribution is -2.45. The first-order chi connectivity index (χ1) is 11.3. The lowest BCUT2D eigenvalue weighted by Gasteiger charge is -2.23. The summed E-state index contributed by atoms with van der Waals surface area (Å²) < 4.78 is 1.94. The quantitative estimate of drug-likeness (QED) is 0.910. The molecule has 23 heavy (non-hydrogen) atoms. The Labute approximate surface area is 136 Å². The zero-order valence-electron chi connectivity index (χ0n) is 13.2. The van der Waals surface area contributed by atoms with Gasteiger partial charge in [-0.25, -0.2) is 4.68 Å². The average Bonchev–Trinajstić information content (AvgIpc) is 3.34. The minimum absolute atomic E-state index is 0.0165. The normalized spacial score (nSPS) is 21.1. The Morgan fingerprint density at radius 1 is 1.22 bits per heavy atom. The molecule has 2 aliphatic rings. The summed E-state index contributed by atoms with van der Waals surface area (Å²) in [5, 5.41) is 11.0. The molecule has 5 heteroatoms. The molecule has 1 aromatic carbocycles. The number of carbonyl (C=O) groups is 1. The number of hydrogen-bond acceptors (Lipinski definition) is 3. The van der Waals surface area contributed by atoms with Gasteiger partial charge in [0.25, 0.3) is 5.91 Å². The SMILES string of the molecule is O=C(N[C@H]1CCCNC1)c1cnn(-c2ccccc2)c1C1CC1. The fourth-order valence-corrected chi connectivity index (χ4v) is 3.30. The number of para-hydroxylation sites is 1. The molecule has 4 rings (SSSR count). The van der Waals surface area contributed by atoms with Gasteiger partial charge < -0.3 is 10.6 Å². The highest BCUT2D eigenvalue weighted by atomic mass is 16.1. The Kier molecular flexibility index (Phi) is 3.87. The van der Waals surface area contributed by atoms with E-state index in [4.69, 9.17) is 0 Å². The fraction of sp³-hybridized carbons (Fsp3) is 0.444. The minimum atomic E-state index is 0.0165. The molecule has 1 aromatic heterocycles. The highest BCUT2D eigenvalue weighted by Gasteiger charge is 2.33. The van der Waals surface area contributed by atoms with Gasteiger partial charge in [-0.05, 0) is 44.4 Å². The Bertz CT molecular complexity index is 684. The molecule has 0 bridgehead atoms. The molecule has 0 spiro atoms. The van der Waals surface area contributed by atoms with Crippen molar-refractivity contribution in [3.8, 4) is 5.69 Å². The van der Waals surface area contributed by atoms with E-state index in [-0.39, 0.29) is 11.9 Å². The topological polar surface area (TPSA) is 59.0 Å². The molecule has 1 atom stereocenters. The molecule has 0 radical (unpaired) electrons. The van der Waals surface area contributed by atoms with Gasteiger partial charge in [-0.2, -0.15) is 5.10 Å². The van der Waals surface area contributed by atoms with Crippen LogP contribution in [-0.4, -0.2) is 34.8 Å². The van der Waals surface area contributed by atoms with Gasteiger partial charge in [-0.3, -0.25) is 4.79 Å². The molecule has 5 nitrogen and oxygen atoms in total. The van der Waals surface area contributed by atoms with Gasteiger partial charge in [0, 0.05) is 18.5 Å². The zero-order valence-corrected chi connectivity index (χ0v) is 13.2. The van der Waals surface area contributed by atoms with E-state index in [2.05, 4.69) is 15.7 Å². The molecule has 120 valence electrons. The van der Waals surface area contributed by atoms with Crippen LogP contribution < -0.4 is 10.6 Å². The third-order valence-corrected chi connectivity index (χ3v) is 4.65. The molecule has 2 aromatic rings. The highest BCUT2D eigenvalue weighted by molar-refractivity contribution is 5.95. The number of amides is 1. The Balaban J connectivity index is 1.61. The van der Waals surface area contributed by atoms with E-state index in [1.54, 1.807) is 6.20 Å². The summed E-state index contributed by atoms with van der Waals surface area (Å²) in [6.45, 7) is 1.91. The molecular weight excluding hydrogens is 288 g/mol. The van der Waals surface area contributed by atoms with Crippen molar-refractivity contribution in [2.45, 2.75) is 37.6 Å². The number of carbonyl (C=O) groups excluding carboxylic acids is 1. The predicted octanol–water partition coefficient (Wildman–Crippen LogP) is 2.23. The summed E-state index contributed by atoms with van der Waals surface area (Å²) in [5.74, 6) is 0.478. The number of nitrogens with one attached hydrogen (secondary N) is 2. The molecule has 2 fully saturated rings. The smallest absolute Gasteiger partial charge is 0.255 e. The van der Waals surface area contributed by atoms with Crippen molar-refractivity contribution >= 4 is 5.91 Å². The predicted molar refractivity (Wildman–Crippen MR) is 88.9 cm³/mol. The third-order valence-electron chi connectivity index (χ3n) is 4.65. The summed E-state index contributed by atoms with van der Waals surface area (Å²) in [6, 6.07) is 10.3. The second-order valence-corrected chi connectivity index (χ2v) is 6.48. The van der Waals surface area contributed by atoms with Crippen LogP contribution in [0, 0.1) is 0 Å². The van der Waals surface area contributed by atoms with Gasteiger partial charge in [-0.1, -0.05) is 18.2 Å². The van der Waals surface area contributed by atoms with Gasteiger partial charge in [-0.15, -0.1) is 0 Å². The molecule has 0 unspecified atom stereocenters. The number of benzene rings is 1. The maximum absolute atomic E-state index is 12.7. The van der Waals surface area contributed by atoms with E-state index in [1.165, 1.54) is 0 Å². The van der Waals surface area contributed by atoms with Crippen LogP contribution in [0.5, 0.6) is 0 Å². The van der Waals surface area contributed by atoms with Crippen LogP contribution in [0.2, 0.25) is 0 Å². The van der Waals surface area contributed by atoms with E-state index in [0.29, 0.717) is 5.92 Å². The first-order valence-electron chi connectivity index (χ1n) is 8.48. The van der Waals surface area contributed by atoms with E-state index >= 15 is 0 Å². The lowest BCUT2D eigenvalue weighted by molar-refractivity contribution is 0.0929. The van der Waals surface area contributed by atoms with Crippen LogP contribution in [0.15, 0.2) is 36.5 Å². The largest absolute Gasteiger partial charge is 0.348 e. The van der Waals surface area contributed by atoms with E-state index < -0.39 is 0 Å². The molecule has 1 saturated heterocycles. The molecule has 2 N–H and O–H groups in total. The van der Waals surface area contributed by atoms with Crippen LogP contribution in [0.3, 0.4) is 0 Å². The van der Waals surface area contributed by atoms with E-state index in [1.807, 2.05) is 35.0 Å². The summed E-state index contributed by atoms with van der Waals surface area (Å²) in [6.07, 6.45) is 6.17. The number of piperidine rings is 1. The number of rotatable bonds is 4. The molecule has 1 amide bonds. The van der Waals surface area contributed by atoms with Crippen LogP contribution >= 0.6 is 0 Å². The summed E-state index contributed by atoms with van der Waals surface area (Å²) in [7, 11) is 0. The van der Waals surface area contributed by atoms with Crippen LogP contribution in [0.1, 0.15) is 47.7 Å². The second kappa shape index (κ2) is 6.16. The standard InChI is InChI=1S/C18H22N4O/c23-18(21-14-5-4-10-19-11-14)16-12-20-22(17(16)13-8-9-13)15-6-2-1-3-7-15/h1-3,6-7,12-14,19H,4-5,8-11H2,(H,21,23)/t14-/m0/s1. The Hall–Kier alpha value is -2.14. The maximum Gasteiger partial charge on any atom is 0.255 e. The zero-order chi connectivity index (χ0) is 15.6. The van der Waals surface area contributed by atoms with E-state index in [9.17, 15) is 4.79 Å². The fourth-order valence-electron chi connectivity index (χ4n) is 3.30. The minimum Gasteiger partial charge on any atom is -0.348 e. The molecule has 1 aliphatic heterocycles. The van der Waals surface area contributed by atoms with Crippen molar-refractivity contribution < 1.29 is 4.79 Å². The molecule has 1 aliphatic carbocycles.